The van der Waals surface area contributed by atoms with Gasteiger partial charge in [0.05, 0.1) is 0 Å². The summed E-state index contributed by atoms with van der Waals surface area (Å²) in [5.74, 6) is 0.531. The van der Waals surface area contributed by atoms with Gasteiger partial charge in [-0.25, -0.2) is 0 Å². The van der Waals surface area contributed by atoms with Gasteiger partial charge in [-0.1, -0.05) is 19.3 Å². The molecule has 2 heteroatoms. The van der Waals surface area contributed by atoms with Gasteiger partial charge in [0.2, 0.25) is 0 Å². The number of hydrogen-bond acceptors (Lipinski definition) is 1. The number of hydrogen-bond donors (Lipinski definition) is 1. The summed E-state index contributed by atoms with van der Waals surface area (Å²) >= 11 is 0. The fourth-order valence-corrected chi connectivity index (χ4v) is 1.24. The molecule has 1 rings (SSSR count). The van der Waals surface area contributed by atoms with Crippen molar-refractivity contribution >= 4 is 0 Å². The summed E-state index contributed by atoms with van der Waals surface area (Å²) in [7, 11) is 0. The van der Waals surface area contributed by atoms with E-state index < -0.39 is 0 Å². The minimum absolute atomic E-state index is 0. The van der Waals surface area contributed by atoms with E-state index in [-0.39, 0.29) is 32.7 Å². The van der Waals surface area contributed by atoms with Crippen molar-refractivity contribution in [3.05, 3.63) is 6.92 Å². The molecular formula is C7H14NY+2. The van der Waals surface area contributed by atoms with Gasteiger partial charge in [0.25, 0.3) is 0 Å². The fourth-order valence-electron chi connectivity index (χ4n) is 1.24. The molecule has 0 amide bonds. The van der Waals surface area contributed by atoms with Gasteiger partial charge in [-0.15, -0.1) is 0 Å². The van der Waals surface area contributed by atoms with Crippen LogP contribution in [0.15, 0.2) is 0 Å². The zero-order valence-corrected chi connectivity index (χ0v) is 8.68. The maximum atomic E-state index is 5.72. The molecule has 0 spiro atoms. The average Bonchev–Trinajstić information content (AvgIpc) is 1.77. The molecule has 0 aromatic heterocycles. The Bertz CT molecular complexity index is 65.3. The Morgan fingerprint density at radius 1 is 1.22 bits per heavy atom. The smallest absolute Gasteiger partial charge is 0.339 e. The second-order valence-electron chi connectivity index (χ2n) is 2.71. The largest absolute Gasteiger partial charge is 3.00 e. The summed E-state index contributed by atoms with van der Waals surface area (Å²) in [5, 5.41) is 0. The molecule has 9 heavy (non-hydrogen) atoms. The Kier molecular flexibility index (Phi) is 5.38. The van der Waals surface area contributed by atoms with Gasteiger partial charge in [0.15, 0.2) is 0 Å². The standard InChI is InChI=1S/C7H14N.Y/c1-6-4-2-3-5-7(6)8;/h6-7H,1-5,8H2;/q-1;+3. The van der Waals surface area contributed by atoms with Crippen LogP contribution in [0.5, 0.6) is 0 Å². The first kappa shape index (κ1) is 10.1. The summed E-state index contributed by atoms with van der Waals surface area (Å²) in [6.07, 6.45) is 5.07. The maximum absolute atomic E-state index is 5.72. The van der Waals surface area contributed by atoms with Crippen molar-refractivity contribution in [1.82, 2.24) is 0 Å². The third-order valence-electron chi connectivity index (χ3n) is 1.97. The van der Waals surface area contributed by atoms with E-state index in [1.54, 1.807) is 0 Å². The van der Waals surface area contributed by atoms with Crippen molar-refractivity contribution in [3.63, 3.8) is 0 Å². The van der Waals surface area contributed by atoms with Gasteiger partial charge >= 0.3 is 32.7 Å². The van der Waals surface area contributed by atoms with Crippen LogP contribution in [0, 0.1) is 12.8 Å². The van der Waals surface area contributed by atoms with Crippen LogP contribution < -0.4 is 5.73 Å². The summed E-state index contributed by atoms with van der Waals surface area (Å²) in [6, 6.07) is 0.392. The predicted octanol–water partition coefficient (Wildman–Crippen LogP) is 1.34. The Morgan fingerprint density at radius 3 is 2.11 bits per heavy atom. The molecule has 0 aromatic carbocycles. The Balaban J connectivity index is 0.000000640. The molecule has 48 valence electrons. The molecule has 1 aliphatic carbocycles. The van der Waals surface area contributed by atoms with Gasteiger partial charge < -0.3 is 12.7 Å². The zero-order valence-electron chi connectivity index (χ0n) is 5.84. The van der Waals surface area contributed by atoms with Crippen LogP contribution in [0.25, 0.3) is 0 Å². The van der Waals surface area contributed by atoms with Crippen LogP contribution in [0.1, 0.15) is 25.7 Å². The van der Waals surface area contributed by atoms with Gasteiger partial charge in [0.1, 0.15) is 0 Å². The summed E-state index contributed by atoms with van der Waals surface area (Å²) in [6.45, 7) is 3.95. The monoisotopic (exact) mass is 201 g/mol. The number of nitrogens with two attached hydrogens (primary N) is 1. The van der Waals surface area contributed by atoms with E-state index >= 15 is 0 Å². The van der Waals surface area contributed by atoms with Gasteiger partial charge in [-0.2, -0.15) is 5.92 Å². The molecule has 2 unspecified atom stereocenters. The topological polar surface area (TPSA) is 26.0 Å². The van der Waals surface area contributed by atoms with Crippen molar-refractivity contribution in [1.29, 1.82) is 0 Å². The molecule has 0 aliphatic heterocycles. The van der Waals surface area contributed by atoms with E-state index in [0.717, 1.165) is 0 Å². The zero-order chi connectivity index (χ0) is 5.98. The molecule has 2 atom stereocenters. The van der Waals surface area contributed by atoms with E-state index in [4.69, 9.17) is 5.73 Å². The van der Waals surface area contributed by atoms with Crippen molar-refractivity contribution in [3.8, 4) is 0 Å². The van der Waals surface area contributed by atoms with Crippen molar-refractivity contribution in [2.75, 3.05) is 0 Å². The Morgan fingerprint density at radius 2 is 1.78 bits per heavy atom. The third-order valence-corrected chi connectivity index (χ3v) is 1.97. The molecule has 1 fully saturated rings. The first-order valence-electron chi connectivity index (χ1n) is 3.39. The number of rotatable bonds is 0. The summed E-state index contributed by atoms with van der Waals surface area (Å²) < 4.78 is 0. The van der Waals surface area contributed by atoms with E-state index in [2.05, 4.69) is 6.92 Å². The quantitative estimate of drug-likeness (QED) is 0.588. The van der Waals surface area contributed by atoms with Crippen LogP contribution in [0.2, 0.25) is 0 Å². The van der Waals surface area contributed by atoms with Crippen molar-refractivity contribution in [2.24, 2.45) is 11.7 Å². The van der Waals surface area contributed by atoms with Crippen molar-refractivity contribution in [2.45, 2.75) is 31.7 Å². The van der Waals surface area contributed by atoms with E-state index in [1.807, 2.05) is 0 Å². The second kappa shape index (κ2) is 4.81. The second-order valence-corrected chi connectivity index (χ2v) is 2.71. The molecular weight excluding hydrogens is 187 g/mol. The first-order chi connectivity index (χ1) is 3.80. The summed E-state index contributed by atoms with van der Waals surface area (Å²) in [5.41, 5.74) is 5.72. The molecule has 0 radical (unpaired) electrons. The maximum Gasteiger partial charge on any atom is 3.00 e. The molecule has 0 heterocycles. The van der Waals surface area contributed by atoms with Crippen LogP contribution in [-0.4, -0.2) is 6.04 Å². The van der Waals surface area contributed by atoms with E-state index in [1.165, 1.54) is 25.7 Å². The van der Waals surface area contributed by atoms with Gasteiger partial charge in [-0.05, 0) is 12.5 Å². The molecule has 0 bridgehead atoms. The first-order valence-corrected chi connectivity index (χ1v) is 3.39. The van der Waals surface area contributed by atoms with Gasteiger partial charge in [-0.3, -0.25) is 0 Å². The summed E-state index contributed by atoms with van der Waals surface area (Å²) in [4.78, 5) is 0. The van der Waals surface area contributed by atoms with Crippen LogP contribution in [0.3, 0.4) is 0 Å². The van der Waals surface area contributed by atoms with Crippen LogP contribution >= 0.6 is 0 Å². The van der Waals surface area contributed by atoms with Crippen LogP contribution in [0.4, 0.5) is 0 Å². The van der Waals surface area contributed by atoms with Gasteiger partial charge in [0, 0.05) is 0 Å². The van der Waals surface area contributed by atoms with E-state index in [0.29, 0.717) is 12.0 Å². The molecule has 0 saturated heterocycles. The van der Waals surface area contributed by atoms with Crippen LogP contribution in [-0.2, 0) is 32.7 Å². The average molecular weight is 201 g/mol. The normalized spacial score (nSPS) is 35.3. The molecule has 1 nitrogen and oxygen atoms in total. The molecule has 0 aromatic rings. The van der Waals surface area contributed by atoms with Crippen molar-refractivity contribution < 1.29 is 32.7 Å². The fraction of sp³-hybridized carbons (Fsp3) is 0.857. The minimum Gasteiger partial charge on any atom is -0.339 e. The Hall–Kier alpha value is 1.06. The third kappa shape index (κ3) is 3.11. The Labute approximate surface area is 82.6 Å². The SMILES string of the molecule is [CH2-]C1CCCCC1N.[Y+3]. The molecule has 1 aliphatic rings. The molecule has 2 N–H and O–H groups in total. The minimum atomic E-state index is 0. The molecule has 1 saturated carbocycles. The predicted molar refractivity (Wildman–Crippen MR) is 35.3 cm³/mol. The van der Waals surface area contributed by atoms with E-state index in [9.17, 15) is 0 Å².